The Morgan fingerprint density at radius 1 is 0.396 bits per heavy atom. The summed E-state index contributed by atoms with van der Waals surface area (Å²) in [6.45, 7) is 6.65. The number of fused-ring (bicyclic) bond motifs is 1. The number of nitrogens with zero attached hydrogens (tertiary/aromatic N) is 4. The Kier molecular flexibility index (Phi) is 9.51. The van der Waals surface area contributed by atoms with Crippen molar-refractivity contribution in [2.75, 3.05) is 9.80 Å². The Hall–Kier alpha value is -6.52. The summed E-state index contributed by atoms with van der Waals surface area (Å²) in [5, 5.41) is 0. The number of aryl methyl sites for hydroxylation is 1. The van der Waals surface area contributed by atoms with Crippen molar-refractivity contribution in [3.05, 3.63) is 193 Å². The molecule has 1 aromatic heterocycles. The maximum atomic E-state index is 5.42. The van der Waals surface area contributed by atoms with Crippen LogP contribution in [-0.2, 0) is 6.42 Å². The lowest BCUT2D eigenvalue weighted by atomic mass is 9.96. The molecule has 7 aromatic carbocycles. The normalized spacial score (nSPS) is 11.2. The summed E-state index contributed by atoms with van der Waals surface area (Å²) < 4.78 is 0. The van der Waals surface area contributed by atoms with E-state index >= 15 is 0 Å². The van der Waals surface area contributed by atoms with Crippen LogP contribution in [0.4, 0.5) is 34.1 Å². The van der Waals surface area contributed by atoms with Crippen molar-refractivity contribution < 1.29 is 0 Å². The van der Waals surface area contributed by atoms with E-state index in [4.69, 9.17) is 9.97 Å². The summed E-state index contributed by atoms with van der Waals surface area (Å²) in [6, 6.07) is 64.1. The first-order chi connectivity index (χ1) is 26.1. The molecule has 0 amide bonds. The van der Waals surface area contributed by atoms with Gasteiger partial charge in [0.15, 0.2) is 0 Å². The SMILES string of the molecule is CCc1ccc(C(C)C)c2nc(-c3ccccc3)c(-c3ccc(N(c4ccccc4)c4ccc(N(c5ccccc5)c5ccccc5)cc4)cc3)nc12. The van der Waals surface area contributed by atoms with Gasteiger partial charge in [-0.3, -0.25) is 0 Å². The zero-order chi connectivity index (χ0) is 36.1. The molecule has 0 unspecified atom stereocenters. The molecular formula is C49H42N4. The standard InChI is InChI=1S/C49H42N4/c1-4-36-27-34-45(35(2)3)49-46(36)50-48(47(51-49)37-17-9-5-10-18-37)38-25-28-42(29-26-38)53(41-23-15-8-16-24-41)44-32-30-43(31-33-44)52(39-19-11-6-12-20-39)40-21-13-7-14-22-40/h5-35H,4H2,1-3H3. The van der Waals surface area contributed by atoms with E-state index in [-0.39, 0.29) is 0 Å². The van der Waals surface area contributed by atoms with E-state index in [1.54, 1.807) is 0 Å². The number of hydrogen-bond acceptors (Lipinski definition) is 4. The van der Waals surface area contributed by atoms with Gasteiger partial charge in [0.1, 0.15) is 0 Å². The molecule has 0 bridgehead atoms. The molecule has 1 heterocycles. The van der Waals surface area contributed by atoms with E-state index in [9.17, 15) is 0 Å². The van der Waals surface area contributed by atoms with Gasteiger partial charge in [0, 0.05) is 45.3 Å². The van der Waals surface area contributed by atoms with Gasteiger partial charge < -0.3 is 9.80 Å². The monoisotopic (exact) mass is 686 g/mol. The minimum atomic E-state index is 0.337. The number of rotatable bonds is 10. The topological polar surface area (TPSA) is 32.3 Å². The number of aromatic nitrogens is 2. The van der Waals surface area contributed by atoms with Crippen molar-refractivity contribution in [2.24, 2.45) is 0 Å². The molecule has 0 saturated heterocycles. The smallest absolute Gasteiger partial charge is 0.0973 e. The third-order valence-corrected chi connectivity index (χ3v) is 9.80. The van der Waals surface area contributed by atoms with Gasteiger partial charge in [0.2, 0.25) is 0 Å². The highest BCUT2D eigenvalue weighted by molar-refractivity contribution is 5.90. The van der Waals surface area contributed by atoms with Gasteiger partial charge in [0.05, 0.1) is 22.4 Å². The lowest BCUT2D eigenvalue weighted by Crippen LogP contribution is -2.12. The summed E-state index contributed by atoms with van der Waals surface area (Å²) in [7, 11) is 0. The third-order valence-electron chi connectivity index (χ3n) is 9.80. The lowest BCUT2D eigenvalue weighted by Gasteiger charge is -2.28. The van der Waals surface area contributed by atoms with Gasteiger partial charge in [-0.1, -0.05) is 130 Å². The zero-order valence-corrected chi connectivity index (χ0v) is 30.4. The quantitative estimate of drug-likeness (QED) is 0.143. The van der Waals surface area contributed by atoms with Gasteiger partial charge in [-0.2, -0.15) is 0 Å². The van der Waals surface area contributed by atoms with Crippen LogP contribution in [-0.4, -0.2) is 9.97 Å². The molecule has 0 N–H and O–H groups in total. The van der Waals surface area contributed by atoms with E-state index < -0.39 is 0 Å². The molecule has 0 aliphatic carbocycles. The Bertz CT molecular complexity index is 2390. The zero-order valence-electron chi connectivity index (χ0n) is 30.4. The van der Waals surface area contributed by atoms with Crippen molar-refractivity contribution in [2.45, 2.75) is 33.1 Å². The highest BCUT2D eigenvalue weighted by Crippen LogP contribution is 2.40. The van der Waals surface area contributed by atoms with Gasteiger partial charge in [-0.25, -0.2) is 9.97 Å². The fourth-order valence-corrected chi connectivity index (χ4v) is 7.10. The largest absolute Gasteiger partial charge is 0.311 e. The summed E-state index contributed by atoms with van der Waals surface area (Å²) in [5.41, 5.74) is 14.8. The average Bonchev–Trinajstić information content (AvgIpc) is 3.22. The van der Waals surface area contributed by atoms with E-state index in [1.165, 1.54) is 11.1 Å². The molecule has 0 aliphatic rings. The molecule has 258 valence electrons. The highest BCUT2D eigenvalue weighted by Gasteiger charge is 2.20. The minimum Gasteiger partial charge on any atom is -0.311 e. The second-order valence-electron chi connectivity index (χ2n) is 13.5. The van der Waals surface area contributed by atoms with E-state index in [1.807, 2.05) is 6.07 Å². The van der Waals surface area contributed by atoms with E-state index in [0.717, 1.165) is 74.1 Å². The van der Waals surface area contributed by atoms with Crippen molar-refractivity contribution in [3.8, 4) is 22.5 Å². The molecular weight excluding hydrogens is 645 g/mol. The Labute approximate surface area is 312 Å². The fraction of sp³-hybridized carbons (Fsp3) is 0.102. The maximum Gasteiger partial charge on any atom is 0.0973 e. The van der Waals surface area contributed by atoms with Crippen LogP contribution in [0.5, 0.6) is 0 Å². The molecule has 0 atom stereocenters. The van der Waals surface area contributed by atoms with Crippen LogP contribution in [0.3, 0.4) is 0 Å². The number of anilines is 6. The Balaban J connectivity index is 1.22. The van der Waals surface area contributed by atoms with Crippen LogP contribution in [0.15, 0.2) is 182 Å². The first-order valence-corrected chi connectivity index (χ1v) is 18.4. The van der Waals surface area contributed by atoms with Gasteiger partial charge >= 0.3 is 0 Å². The first-order valence-electron chi connectivity index (χ1n) is 18.4. The molecule has 8 aromatic rings. The minimum absolute atomic E-state index is 0.337. The summed E-state index contributed by atoms with van der Waals surface area (Å²) in [4.78, 5) is 15.4. The van der Waals surface area contributed by atoms with Crippen LogP contribution in [0.2, 0.25) is 0 Å². The molecule has 0 fully saturated rings. The fourth-order valence-electron chi connectivity index (χ4n) is 7.10. The van der Waals surface area contributed by atoms with Crippen molar-refractivity contribution in [1.29, 1.82) is 0 Å². The predicted octanol–water partition coefficient (Wildman–Crippen LogP) is 13.6. The van der Waals surface area contributed by atoms with Crippen LogP contribution in [0.25, 0.3) is 33.5 Å². The molecule has 0 aliphatic heterocycles. The van der Waals surface area contributed by atoms with Gasteiger partial charge in [0.25, 0.3) is 0 Å². The van der Waals surface area contributed by atoms with Crippen molar-refractivity contribution in [1.82, 2.24) is 9.97 Å². The average molecular weight is 687 g/mol. The second-order valence-corrected chi connectivity index (χ2v) is 13.5. The highest BCUT2D eigenvalue weighted by atomic mass is 15.2. The van der Waals surface area contributed by atoms with Crippen LogP contribution in [0, 0.1) is 0 Å². The number of hydrogen-bond donors (Lipinski definition) is 0. The molecule has 53 heavy (non-hydrogen) atoms. The molecule has 0 radical (unpaired) electrons. The van der Waals surface area contributed by atoms with Gasteiger partial charge in [-0.15, -0.1) is 0 Å². The molecule has 4 heteroatoms. The van der Waals surface area contributed by atoms with Crippen molar-refractivity contribution in [3.63, 3.8) is 0 Å². The Morgan fingerprint density at radius 3 is 1.17 bits per heavy atom. The number of benzene rings is 7. The summed E-state index contributed by atoms with van der Waals surface area (Å²) in [5.74, 6) is 0.337. The number of para-hydroxylation sites is 3. The maximum absolute atomic E-state index is 5.42. The summed E-state index contributed by atoms with van der Waals surface area (Å²) >= 11 is 0. The predicted molar refractivity (Wildman–Crippen MR) is 223 cm³/mol. The third kappa shape index (κ3) is 6.80. The van der Waals surface area contributed by atoms with Gasteiger partial charge in [-0.05, 0) is 96.3 Å². The van der Waals surface area contributed by atoms with Crippen LogP contribution < -0.4 is 9.80 Å². The Morgan fingerprint density at radius 2 is 0.755 bits per heavy atom. The second kappa shape index (κ2) is 15.0. The first kappa shape index (κ1) is 33.6. The molecule has 0 saturated carbocycles. The van der Waals surface area contributed by atoms with Crippen LogP contribution in [0.1, 0.15) is 37.8 Å². The lowest BCUT2D eigenvalue weighted by molar-refractivity contribution is 0.871. The van der Waals surface area contributed by atoms with Crippen molar-refractivity contribution >= 4 is 45.2 Å². The molecule has 8 rings (SSSR count). The molecule has 0 spiro atoms. The van der Waals surface area contributed by atoms with Crippen LogP contribution >= 0.6 is 0 Å². The molecule has 4 nitrogen and oxygen atoms in total. The van der Waals surface area contributed by atoms with E-state index in [2.05, 4.69) is 206 Å². The summed E-state index contributed by atoms with van der Waals surface area (Å²) in [6.07, 6.45) is 0.895. The van der Waals surface area contributed by atoms with E-state index in [0.29, 0.717) is 5.92 Å².